The molecule has 0 bridgehead atoms. The first-order valence-corrected chi connectivity index (χ1v) is 11.1. The lowest BCUT2D eigenvalue weighted by Gasteiger charge is -2.10. The predicted octanol–water partition coefficient (Wildman–Crippen LogP) is 3.73. The highest BCUT2D eigenvalue weighted by molar-refractivity contribution is 8.18. The van der Waals surface area contributed by atoms with Crippen molar-refractivity contribution in [3.63, 3.8) is 0 Å². The summed E-state index contributed by atoms with van der Waals surface area (Å²) in [6.45, 7) is 0.222. The summed E-state index contributed by atoms with van der Waals surface area (Å²) in [5, 5.41) is 20.7. The second-order valence-electron chi connectivity index (χ2n) is 7.30. The van der Waals surface area contributed by atoms with Gasteiger partial charge in [-0.1, -0.05) is 48.5 Å². The van der Waals surface area contributed by atoms with Crippen LogP contribution in [0.4, 0.5) is 5.69 Å². The molecule has 0 N–H and O–H groups in total. The van der Waals surface area contributed by atoms with E-state index in [4.69, 9.17) is 4.74 Å². The number of amidine groups is 1. The van der Waals surface area contributed by atoms with Crippen LogP contribution in [0.2, 0.25) is 0 Å². The van der Waals surface area contributed by atoms with E-state index in [0.717, 1.165) is 11.1 Å². The Bertz CT molecular complexity index is 1360. The number of hydrogen-bond donors (Lipinski definition) is 0. The van der Waals surface area contributed by atoms with Crippen LogP contribution in [0.1, 0.15) is 27.0 Å². The molecule has 3 aromatic rings. The van der Waals surface area contributed by atoms with Gasteiger partial charge >= 0.3 is 0 Å². The van der Waals surface area contributed by atoms with Crippen molar-refractivity contribution in [1.29, 1.82) is 5.26 Å². The Kier molecular flexibility index (Phi) is 6.76. The third-order valence-corrected chi connectivity index (χ3v) is 6.12. The van der Waals surface area contributed by atoms with Crippen LogP contribution in [0.3, 0.4) is 0 Å². The van der Waals surface area contributed by atoms with Gasteiger partial charge in [-0.3, -0.25) is 9.69 Å². The molecule has 3 aromatic carbocycles. The van der Waals surface area contributed by atoms with Crippen LogP contribution in [-0.2, 0) is 11.4 Å². The van der Waals surface area contributed by atoms with Gasteiger partial charge in [0.25, 0.3) is 5.91 Å². The first kappa shape index (κ1) is 22.8. The quantitative estimate of drug-likeness (QED) is 0.511. The maximum absolute atomic E-state index is 12.8. The van der Waals surface area contributed by atoms with Gasteiger partial charge < -0.3 is 14.6 Å². The largest absolute Gasteiger partial charge is 0.545 e. The number of ether oxygens (including phenoxy) is 1. The molecule has 0 atom stereocenters. The first-order valence-electron chi connectivity index (χ1n) is 10.2. The molecule has 8 heteroatoms. The molecule has 168 valence electrons. The monoisotopic (exact) mass is 468 g/mol. The van der Waals surface area contributed by atoms with Gasteiger partial charge in [0.05, 0.1) is 28.2 Å². The smallest absolute Gasteiger partial charge is 0.266 e. The van der Waals surface area contributed by atoms with E-state index in [0.29, 0.717) is 27.1 Å². The number of likely N-dealkylation sites (N-methyl/N-ethyl adjacent to an activating group) is 1. The van der Waals surface area contributed by atoms with Gasteiger partial charge in [-0.25, -0.2) is 4.99 Å². The summed E-state index contributed by atoms with van der Waals surface area (Å²) in [4.78, 5) is 30.1. The van der Waals surface area contributed by atoms with E-state index in [1.165, 1.54) is 28.8 Å². The molecule has 1 aliphatic heterocycles. The highest BCUT2D eigenvalue weighted by Gasteiger charge is 2.30. The van der Waals surface area contributed by atoms with Gasteiger partial charge in [0, 0.05) is 18.2 Å². The molecular weight excluding hydrogens is 450 g/mol. The van der Waals surface area contributed by atoms with Crippen LogP contribution in [-0.4, -0.2) is 29.0 Å². The van der Waals surface area contributed by atoms with Crippen LogP contribution >= 0.6 is 11.8 Å². The van der Waals surface area contributed by atoms with Gasteiger partial charge in [-0.2, -0.15) is 5.26 Å². The molecule has 0 radical (unpaired) electrons. The number of benzene rings is 3. The van der Waals surface area contributed by atoms with E-state index in [-0.39, 0.29) is 18.1 Å². The standard InChI is InChI=1S/C26H19N3O4S/c1-29-24(30)23(34-26(29)28-21-12-10-17(11-13-21)25(31)32)14-18-6-4-5-9-22(18)33-16-20-8-3-2-7-19(20)15-27/h2-14H,16H2,1H3,(H,31,32)/p-1. The lowest BCUT2D eigenvalue weighted by molar-refractivity contribution is -0.255. The molecule has 4 rings (SSSR count). The SMILES string of the molecule is CN1C(=O)C(=Cc2ccccc2OCc2ccccc2C#N)SC1=Nc1ccc(C(=O)[O-])cc1. The average Bonchev–Trinajstić information content (AvgIpc) is 3.11. The van der Waals surface area contributed by atoms with E-state index in [1.807, 2.05) is 36.4 Å². The Hall–Kier alpha value is -4.35. The molecule has 1 fully saturated rings. The molecule has 1 heterocycles. The molecule has 0 saturated carbocycles. The van der Waals surface area contributed by atoms with Crippen LogP contribution in [0, 0.1) is 11.3 Å². The third-order valence-electron chi connectivity index (χ3n) is 5.06. The summed E-state index contributed by atoms with van der Waals surface area (Å²) in [7, 11) is 1.63. The summed E-state index contributed by atoms with van der Waals surface area (Å²) in [6.07, 6.45) is 1.75. The van der Waals surface area contributed by atoms with Crippen molar-refractivity contribution in [2.75, 3.05) is 7.05 Å². The van der Waals surface area contributed by atoms with Gasteiger partial charge in [0.2, 0.25) is 0 Å². The molecule has 0 unspecified atom stereocenters. The van der Waals surface area contributed by atoms with Crippen LogP contribution < -0.4 is 9.84 Å². The number of thioether (sulfide) groups is 1. The number of rotatable bonds is 6. The summed E-state index contributed by atoms with van der Waals surface area (Å²) in [6, 6.07) is 22.7. The number of nitriles is 1. The molecule has 7 nitrogen and oxygen atoms in total. The number of hydrogen-bond acceptors (Lipinski definition) is 7. The van der Waals surface area contributed by atoms with E-state index < -0.39 is 5.97 Å². The number of aromatic carboxylic acids is 1. The summed E-state index contributed by atoms with van der Waals surface area (Å²) >= 11 is 1.22. The van der Waals surface area contributed by atoms with Crippen molar-refractivity contribution in [1.82, 2.24) is 4.90 Å². The van der Waals surface area contributed by atoms with Crippen molar-refractivity contribution < 1.29 is 19.4 Å². The van der Waals surface area contributed by atoms with Crippen molar-refractivity contribution in [2.24, 2.45) is 4.99 Å². The fourth-order valence-corrected chi connectivity index (χ4v) is 4.20. The van der Waals surface area contributed by atoms with E-state index >= 15 is 0 Å². The fourth-order valence-electron chi connectivity index (χ4n) is 3.22. The number of para-hydroxylation sites is 1. The van der Waals surface area contributed by atoms with Crippen LogP contribution in [0.5, 0.6) is 5.75 Å². The lowest BCUT2D eigenvalue weighted by atomic mass is 10.1. The molecular formula is C26H18N3O4S-. The summed E-state index contributed by atoms with van der Waals surface area (Å²) < 4.78 is 5.98. The number of amides is 1. The minimum Gasteiger partial charge on any atom is -0.545 e. The highest BCUT2D eigenvalue weighted by Crippen LogP contribution is 2.35. The Morgan fingerprint density at radius 2 is 1.82 bits per heavy atom. The Balaban J connectivity index is 1.56. The first-order chi connectivity index (χ1) is 16.5. The number of nitrogens with zero attached hydrogens (tertiary/aromatic N) is 3. The minimum atomic E-state index is -1.26. The van der Waals surface area contributed by atoms with Gasteiger partial charge in [-0.05, 0) is 47.7 Å². The van der Waals surface area contributed by atoms with Crippen molar-refractivity contribution in [2.45, 2.75) is 6.61 Å². The molecule has 1 saturated heterocycles. The average molecular weight is 469 g/mol. The molecule has 1 amide bonds. The second kappa shape index (κ2) is 10.1. The Morgan fingerprint density at radius 3 is 2.56 bits per heavy atom. The zero-order chi connectivity index (χ0) is 24.1. The van der Waals surface area contributed by atoms with Crippen LogP contribution in [0.15, 0.2) is 82.7 Å². The zero-order valence-corrected chi connectivity index (χ0v) is 18.9. The number of carboxylic acids is 1. The minimum absolute atomic E-state index is 0.0574. The zero-order valence-electron chi connectivity index (χ0n) is 18.1. The molecule has 1 aliphatic rings. The van der Waals surface area contributed by atoms with E-state index in [2.05, 4.69) is 11.1 Å². The topological polar surface area (TPSA) is 106 Å². The van der Waals surface area contributed by atoms with Crippen molar-refractivity contribution in [3.05, 3.63) is 100.0 Å². The number of carboxylic acid groups (broad SMARTS) is 1. The van der Waals surface area contributed by atoms with Crippen LogP contribution in [0.25, 0.3) is 6.08 Å². The molecule has 0 aliphatic carbocycles. The maximum atomic E-state index is 12.8. The summed E-state index contributed by atoms with van der Waals surface area (Å²) in [5.41, 5.74) is 2.63. The summed E-state index contributed by atoms with van der Waals surface area (Å²) in [5.74, 6) is -0.884. The highest BCUT2D eigenvalue weighted by atomic mass is 32.2. The van der Waals surface area contributed by atoms with E-state index in [1.54, 1.807) is 37.4 Å². The normalized spacial score (nSPS) is 15.5. The molecule has 0 aromatic heterocycles. The number of carbonyl (C=O) groups excluding carboxylic acids is 2. The Labute approximate surface area is 200 Å². The van der Waals surface area contributed by atoms with Crippen molar-refractivity contribution in [3.8, 4) is 11.8 Å². The number of aliphatic imine (C=N–C) groups is 1. The molecule has 0 spiro atoms. The molecule has 34 heavy (non-hydrogen) atoms. The fraction of sp³-hybridized carbons (Fsp3) is 0.0769. The second-order valence-corrected chi connectivity index (χ2v) is 8.31. The van der Waals surface area contributed by atoms with Gasteiger partial charge in [-0.15, -0.1) is 0 Å². The third kappa shape index (κ3) is 5.00. The number of carbonyl (C=O) groups is 2. The Morgan fingerprint density at radius 1 is 1.12 bits per heavy atom. The van der Waals surface area contributed by atoms with Gasteiger partial charge in [0.1, 0.15) is 12.4 Å². The maximum Gasteiger partial charge on any atom is 0.266 e. The predicted molar refractivity (Wildman–Crippen MR) is 128 cm³/mol. The van der Waals surface area contributed by atoms with E-state index in [9.17, 15) is 20.0 Å². The van der Waals surface area contributed by atoms with Crippen molar-refractivity contribution >= 4 is 40.6 Å². The van der Waals surface area contributed by atoms with Gasteiger partial charge in [0.15, 0.2) is 5.17 Å². The lowest BCUT2D eigenvalue weighted by Crippen LogP contribution is -2.23.